The van der Waals surface area contributed by atoms with Gasteiger partial charge in [-0.25, -0.2) is 0 Å². The van der Waals surface area contributed by atoms with Crippen LogP contribution in [0.2, 0.25) is 0 Å². The molecule has 0 radical (unpaired) electrons. The number of ether oxygens (including phenoxy) is 1. The molecule has 5 atom stereocenters. The van der Waals surface area contributed by atoms with E-state index < -0.39 is 77.2 Å². The molecule has 0 unspecified atom stereocenters. The van der Waals surface area contributed by atoms with Gasteiger partial charge in [0.25, 0.3) is 0 Å². The molecule has 7 N–H and O–H groups in total. The van der Waals surface area contributed by atoms with Crippen LogP contribution >= 0.6 is 0 Å². The number of aromatic nitrogens is 1. The van der Waals surface area contributed by atoms with Crippen LogP contribution < -0.4 is 27.0 Å². The van der Waals surface area contributed by atoms with Crippen molar-refractivity contribution in [1.29, 1.82) is 0 Å². The van der Waals surface area contributed by atoms with Gasteiger partial charge in [-0.2, -0.15) is 0 Å². The number of carbonyl (C=O) groups is 6. The van der Waals surface area contributed by atoms with Gasteiger partial charge in [0, 0.05) is 28.4 Å². The lowest BCUT2D eigenvalue weighted by molar-refractivity contribution is -0.155. The van der Waals surface area contributed by atoms with Crippen molar-refractivity contribution in [2.24, 2.45) is 22.7 Å². The van der Waals surface area contributed by atoms with Gasteiger partial charge in [-0.05, 0) is 81.1 Å². The van der Waals surface area contributed by atoms with Gasteiger partial charge < -0.3 is 36.7 Å². The van der Waals surface area contributed by atoms with Gasteiger partial charge in [0.1, 0.15) is 23.7 Å². The maximum Gasteiger partial charge on any atom is 0.306 e. The number of carbonyl (C=O) groups excluding carboxylic acids is 6. The number of H-pyrrole nitrogens is 1. The van der Waals surface area contributed by atoms with E-state index in [-0.39, 0.29) is 31.6 Å². The largest absolute Gasteiger partial charge is 0.460 e. The van der Waals surface area contributed by atoms with E-state index in [1.165, 1.54) is 6.92 Å². The van der Waals surface area contributed by atoms with Crippen molar-refractivity contribution in [2.45, 2.75) is 117 Å². The maximum atomic E-state index is 13.5. The number of aromatic amines is 1. The summed E-state index contributed by atoms with van der Waals surface area (Å²) in [5.41, 5.74) is 15.9. The average Bonchev–Trinajstić information content (AvgIpc) is 3.42. The summed E-state index contributed by atoms with van der Waals surface area (Å²) in [4.78, 5) is 83.6. The Hall–Kier alpha value is -4.95. The van der Waals surface area contributed by atoms with Crippen LogP contribution in [0.5, 0.6) is 0 Å². The molecule has 274 valence electrons. The quantitative estimate of drug-likeness (QED) is 0.0619. The lowest BCUT2D eigenvalue weighted by Gasteiger charge is -2.27. The van der Waals surface area contributed by atoms with Crippen LogP contribution in [0, 0.1) is 11.8 Å². The van der Waals surface area contributed by atoms with Crippen molar-refractivity contribution in [3.8, 4) is 0 Å². The molecule has 1 aromatic heterocycles. The van der Waals surface area contributed by atoms with Gasteiger partial charge in [0.2, 0.25) is 29.5 Å². The number of benzene rings is 1. The highest BCUT2D eigenvalue weighted by molar-refractivity contribution is 5.96. The Kier molecular flexibility index (Phi) is 15.4. The Balaban J connectivity index is 2.16. The van der Waals surface area contributed by atoms with Gasteiger partial charge in [-0.1, -0.05) is 45.9 Å². The fourth-order valence-corrected chi connectivity index (χ4v) is 5.09. The van der Waals surface area contributed by atoms with Crippen molar-refractivity contribution in [2.75, 3.05) is 0 Å². The van der Waals surface area contributed by atoms with Gasteiger partial charge in [-0.15, -0.1) is 0 Å². The van der Waals surface area contributed by atoms with Crippen LogP contribution in [0.1, 0.15) is 80.2 Å². The molecule has 1 aromatic carbocycles. The summed E-state index contributed by atoms with van der Waals surface area (Å²) in [6, 6.07) is 1.85. The van der Waals surface area contributed by atoms with E-state index in [1.54, 1.807) is 40.8 Å². The van der Waals surface area contributed by atoms with Crippen LogP contribution in [0.25, 0.3) is 21.3 Å². The predicted molar refractivity (Wildman–Crippen MR) is 187 cm³/mol. The van der Waals surface area contributed by atoms with Crippen molar-refractivity contribution in [1.82, 2.24) is 26.3 Å². The Morgan fingerprint density at radius 2 is 1.54 bits per heavy atom. The zero-order valence-electron chi connectivity index (χ0n) is 30.0. The summed E-state index contributed by atoms with van der Waals surface area (Å²) in [5, 5.41) is 14.3. The SMILES string of the molecule is CC(C)C[C@H](NC(=O)[C@H](NC(=O)[C@H](C)NC(=O)[C@H](CCC(=O)OC(C)(C)C)NC(=O)[C@@H](N)Cc1c[nH]c2ccccc12)C(C)C)C(=O)N=[N+]=[N-]. The molecular formula is C34H51N9O7. The minimum absolute atomic E-state index is 0.0210. The standard InChI is InChI=1S/C34H51N9O7/c1-18(2)15-26(32(48)42-43-36)40-33(49)28(19(3)4)41-29(45)20(5)38-31(47)25(13-14-27(44)50-34(6,7)8)39-30(46)23(35)16-21-17-37-24-12-10-9-11-22(21)24/h9-12,17-20,23,25-26,28,37H,13-16,35H2,1-8H3,(H,38,47)(H,39,46)(H,40,49)(H,41,45)/t20-,23-,25-,26-,28+/m0/s1. The van der Waals surface area contributed by atoms with E-state index >= 15 is 0 Å². The average molecular weight is 698 g/mol. The van der Waals surface area contributed by atoms with E-state index in [9.17, 15) is 28.8 Å². The minimum Gasteiger partial charge on any atom is -0.460 e. The molecule has 1 heterocycles. The molecule has 0 aliphatic heterocycles. The van der Waals surface area contributed by atoms with Gasteiger partial charge in [0.15, 0.2) is 0 Å². The van der Waals surface area contributed by atoms with Gasteiger partial charge in [0.05, 0.1) is 12.1 Å². The zero-order valence-corrected chi connectivity index (χ0v) is 30.0. The molecule has 16 heteroatoms. The second kappa shape index (κ2) is 18.7. The summed E-state index contributed by atoms with van der Waals surface area (Å²) < 4.78 is 5.36. The van der Waals surface area contributed by atoms with E-state index in [1.807, 2.05) is 38.1 Å². The number of azide groups is 1. The number of nitrogens with one attached hydrogen (secondary N) is 5. The number of nitrogens with two attached hydrogens (primary N) is 1. The first kappa shape index (κ1) is 41.2. The smallest absolute Gasteiger partial charge is 0.306 e. The van der Waals surface area contributed by atoms with Crippen molar-refractivity contribution >= 4 is 46.4 Å². The highest BCUT2D eigenvalue weighted by Gasteiger charge is 2.32. The lowest BCUT2D eigenvalue weighted by atomic mass is 9.99. The highest BCUT2D eigenvalue weighted by atomic mass is 16.6. The first-order chi connectivity index (χ1) is 23.3. The molecule has 0 saturated carbocycles. The second-order valence-electron chi connectivity index (χ2n) is 14.0. The topological polar surface area (TPSA) is 250 Å². The molecule has 0 saturated heterocycles. The number of nitrogens with zero attached hydrogens (tertiary/aromatic N) is 3. The third kappa shape index (κ3) is 13.2. The third-order valence-electron chi connectivity index (χ3n) is 7.61. The molecule has 0 aliphatic carbocycles. The molecule has 0 spiro atoms. The van der Waals surface area contributed by atoms with Crippen LogP contribution in [0.4, 0.5) is 0 Å². The van der Waals surface area contributed by atoms with Gasteiger partial charge in [-0.3, -0.25) is 28.8 Å². The zero-order chi connectivity index (χ0) is 37.8. The third-order valence-corrected chi connectivity index (χ3v) is 7.61. The molecular weight excluding hydrogens is 646 g/mol. The molecule has 16 nitrogen and oxygen atoms in total. The summed E-state index contributed by atoms with van der Waals surface area (Å²) in [6.45, 7) is 13.5. The Bertz CT molecular complexity index is 1570. The van der Waals surface area contributed by atoms with E-state index in [0.29, 0.717) is 0 Å². The maximum absolute atomic E-state index is 13.5. The number of fused-ring (bicyclic) bond motifs is 1. The molecule has 0 aliphatic rings. The second-order valence-corrected chi connectivity index (χ2v) is 14.0. The van der Waals surface area contributed by atoms with Crippen LogP contribution in [-0.4, -0.2) is 76.3 Å². The fraction of sp³-hybridized carbons (Fsp3) is 0.588. The molecule has 2 aromatic rings. The van der Waals surface area contributed by atoms with Crippen LogP contribution in [-0.2, 0) is 39.9 Å². The molecule has 50 heavy (non-hydrogen) atoms. The Labute approximate surface area is 292 Å². The van der Waals surface area contributed by atoms with Crippen molar-refractivity contribution in [3.05, 3.63) is 46.5 Å². The number of esters is 1. The number of para-hydroxylation sites is 1. The predicted octanol–water partition coefficient (Wildman–Crippen LogP) is 2.66. The summed E-state index contributed by atoms with van der Waals surface area (Å²) >= 11 is 0. The number of rotatable bonds is 17. The Morgan fingerprint density at radius 1 is 0.900 bits per heavy atom. The van der Waals surface area contributed by atoms with Crippen LogP contribution in [0.3, 0.4) is 0 Å². The monoisotopic (exact) mass is 697 g/mol. The first-order valence-corrected chi connectivity index (χ1v) is 16.7. The number of hydrogen-bond donors (Lipinski definition) is 6. The van der Waals surface area contributed by atoms with Crippen LogP contribution in [0.15, 0.2) is 35.6 Å². The Morgan fingerprint density at radius 3 is 2.14 bits per heavy atom. The fourth-order valence-electron chi connectivity index (χ4n) is 5.09. The summed E-state index contributed by atoms with van der Waals surface area (Å²) in [7, 11) is 0. The molecule has 0 fully saturated rings. The van der Waals surface area contributed by atoms with Crippen molar-refractivity contribution in [3.63, 3.8) is 0 Å². The highest BCUT2D eigenvalue weighted by Crippen LogP contribution is 2.19. The summed E-state index contributed by atoms with van der Waals surface area (Å²) in [5.74, 6) is -4.69. The van der Waals surface area contributed by atoms with E-state index in [0.717, 1.165) is 16.5 Å². The number of amides is 5. The van der Waals surface area contributed by atoms with E-state index in [4.69, 9.17) is 16.0 Å². The summed E-state index contributed by atoms with van der Waals surface area (Å²) in [6.07, 6.45) is 1.78. The normalized spacial score (nSPS) is 14.5. The van der Waals surface area contributed by atoms with E-state index in [2.05, 4.69) is 36.3 Å². The molecule has 5 amide bonds. The first-order valence-electron chi connectivity index (χ1n) is 16.7. The lowest BCUT2D eigenvalue weighted by Crippen LogP contribution is -2.58. The molecule has 0 bridgehead atoms. The number of hydrogen-bond acceptors (Lipinski definition) is 8. The minimum atomic E-state index is -1.26. The van der Waals surface area contributed by atoms with Crippen molar-refractivity contribution < 1.29 is 33.5 Å². The molecule has 2 rings (SSSR count). The van der Waals surface area contributed by atoms with Gasteiger partial charge >= 0.3 is 5.97 Å².